The highest BCUT2D eigenvalue weighted by molar-refractivity contribution is 6.31. The summed E-state index contributed by atoms with van der Waals surface area (Å²) in [5.74, 6) is -0.305. The van der Waals surface area contributed by atoms with Gasteiger partial charge in [0.2, 0.25) is 0 Å². The number of nitrogens with one attached hydrogen (secondary N) is 1. The average molecular weight is 265 g/mol. The molecule has 0 aliphatic heterocycles. The summed E-state index contributed by atoms with van der Waals surface area (Å²) in [5.41, 5.74) is 1.55. The Kier molecular flexibility index (Phi) is 2.67. The third kappa shape index (κ3) is 1.73. The molecule has 3 rings (SSSR count). The van der Waals surface area contributed by atoms with Gasteiger partial charge in [0.15, 0.2) is 5.82 Å². The van der Waals surface area contributed by atoms with Crippen molar-refractivity contribution < 1.29 is 4.39 Å². The van der Waals surface area contributed by atoms with Crippen LogP contribution in [0.4, 0.5) is 4.39 Å². The Labute approximate surface area is 108 Å². The fourth-order valence-electron chi connectivity index (χ4n) is 2.26. The molecule has 0 saturated heterocycles. The van der Waals surface area contributed by atoms with Crippen molar-refractivity contribution in [3.63, 3.8) is 0 Å². The second-order valence-corrected chi connectivity index (χ2v) is 4.70. The van der Waals surface area contributed by atoms with Gasteiger partial charge in [-0.25, -0.2) is 9.37 Å². The number of aryl methyl sites for hydroxylation is 1. The summed E-state index contributed by atoms with van der Waals surface area (Å²) >= 11 is 5.73. The Morgan fingerprint density at radius 2 is 2.17 bits per heavy atom. The normalized spacial score (nSPS) is 13.7. The van der Waals surface area contributed by atoms with Crippen LogP contribution in [0.5, 0.6) is 0 Å². The van der Waals surface area contributed by atoms with Crippen LogP contribution >= 0.6 is 11.6 Å². The van der Waals surface area contributed by atoms with Gasteiger partial charge in [-0.3, -0.25) is 4.79 Å². The number of hydrogen-bond acceptors (Lipinski definition) is 2. The van der Waals surface area contributed by atoms with E-state index in [-0.39, 0.29) is 22.0 Å². The van der Waals surface area contributed by atoms with E-state index in [2.05, 4.69) is 9.97 Å². The van der Waals surface area contributed by atoms with Crippen LogP contribution in [0.3, 0.4) is 0 Å². The standard InChI is InChI=1S/C13H10ClFN2O/c14-9-5-1-4-8(11(9)15)12-16-10-6-2-3-7(10)13(18)17-12/h1,4-5H,2-3,6H2,(H,16,17,18). The molecule has 0 spiro atoms. The Morgan fingerprint density at radius 3 is 3.00 bits per heavy atom. The van der Waals surface area contributed by atoms with E-state index in [1.165, 1.54) is 6.07 Å². The first-order chi connectivity index (χ1) is 8.66. The van der Waals surface area contributed by atoms with E-state index in [1.54, 1.807) is 12.1 Å². The lowest BCUT2D eigenvalue weighted by atomic mass is 10.2. The summed E-state index contributed by atoms with van der Waals surface area (Å²) < 4.78 is 13.9. The van der Waals surface area contributed by atoms with Crippen molar-refractivity contribution in [2.45, 2.75) is 19.3 Å². The minimum Gasteiger partial charge on any atom is -0.306 e. The lowest BCUT2D eigenvalue weighted by Crippen LogP contribution is -2.15. The van der Waals surface area contributed by atoms with E-state index in [0.717, 1.165) is 30.5 Å². The lowest BCUT2D eigenvalue weighted by molar-refractivity contribution is 0.630. The van der Waals surface area contributed by atoms with Gasteiger partial charge in [0.1, 0.15) is 5.82 Å². The highest BCUT2D eigenvalue weighted by Crippen LogP contribution is 2.26. The Hall–Kier alpha value is -1.68. The fourth-order valence-corrected chi connectivity index (χ4v) is 2.43. The summed E-state index contributed by atoms with van der Waals surface area (Å²) in [4.78, 5) is 18.8. The van der Waals surface area contributed by atoms with E-state index >= 15 is 0 Å². The molecule has 0 radical (unpaired) electrons. The van der Waals surface area contributed by atoms with Crippen molar-refractivity contribution in [2.24, 2.45) is 0 Å². The van der Waals surface area contributed by atoms with Crippen LogP contribution in [0.1, 0.15) is 17.7 Å². The van der Waals surface area contributed by atoms with Gasteiger partial charge in [0, 0.05) is 5.56 Å². The molecule has 0 unspecified atom stereocenters. The number of hydrogen-bond donors (Lipinski definition) is 1. The molecule has 0 fully saturated rings. The van der Waals surface area contributed by atoms with E-state index in [4.69, 9.17) is 11.6 Å². The molecule has 0 amide bonds. The maximum atomic E-state index is 13.9. The highest BCUT2D eigenvalue weighted by Gasteiger charge is 2.19. The van der Waals surface area contributed by atoms with Crippen LogP contribution < -0.4 is 5.56 Å². The molecule has 0 atom stereocenters. The number of rotatable bonds is 1. The van der Waals surface area contributed by atoms with Gasteiger partial charge in [-0.15, -0.1) is 0 Å². The van der Waals surface area contributed by atoms with E-state index in [9.17, 15) is 9.18 Å². The summed E-state index contributed by atoms with van der Waals surface area (Å²) in [6.07, 6.45) is 2.44. The number of nitrogens with zero attached hydrogens (tertiary/aromatic N) is 1. The highest BCUT2D eigenvalue weighted by atomic mass is 35.5. The smallest absolute Gasteiger partial charge is 0.254 e. The Bertz CT molecular complexity index is 681. The first kappa shape index (κ1) is 11.4. The minimum absolute atomic E-state index is 0.0237. The average Bonchev–Trinajstić information content (AvgIpc) is 2.81. The molecule has 0 saturated carbocycles. The second-order valence-electron chi connectivity index (χ2n) is 4.29. The first-order valence-corrected chi connectivity index (χ1v) is 6.11. The zero-order valence-corrected chi connectivity index (χ0v) is 10.2. The molecule has 1 aromatic carbocycles. The van der Waals surface area contributed by atoms with Crippen LogP contribution in [0.25, 0.3) is 11.4 Å². The van der Waals surface area contributed by atoms with Crippen LogP contribution in [0.15, 0.2) is 23.0 Å². The zero-order chi connectivity index (χ0) is 12.7. The number of fused-ring (bicyclic) bond motifs is 1. The molecule has 0 bridgehead atoms. The fraction of sp³-hybridized carbons (Fsp3) is 0.231. The summed E-state index contributed by atoms with van der Waals surface area (Å²) in [7, 11) is 0. The van der Waals surface area contributed by atoms with Gasteiger partial charge in [0.05, 0.1) is 16.3 Å². The third-order valence-electron chi connectivity index (χ3n) is 3.15. The topological polar surface area (TPSA) is 45.8 Å². The van der Waals surface area contributed by atoms with Gasteiger partial charge in [-0.05, 0) is 31.4 Å². The Balaban J connectivity index is 2.21. The van der Waals surface area contributed by atoms with Gasteiger partial charge in [0.25, 0.3) is 5.56 Å². The maximum absolute atomic E-state index is 13.9. The van der Waals surface area contributed by atoms with Gasteiger partial charge in [-0.1, -0.05) is 17.7 Å². The van der Waals surface area contributed by atoms with E-state index in [0.29, 0.717) is 0 Å². The summed E-state index contributed by atoms with van der Waals surface area (Å²) in [6, 6.07) is 4.65. The molecule has 5 heteroatoms. The molecule has 1 heterocycles. The number of benzene rings is 1. The van der Waals surface area contributed by atoms with Crippen LogP contribution in [-0.2, 0) is 12.8 Å². The van der Waals surface area contributed by atoms with Gasteiger partial charge < -0.3 is 4.98 Å². The predicted molar refractivity (Wildman–Crippen MR) is 67.3 cm³/mol. The van der Waals surface area contributed by atoms with Crippen molar-refractivity contribution in [3.8, 4) is 11.4 Å². The van der Waals surface area contributed by atoms with Crippen molar-refractivity contribution in [2.75, 3.05) is 0 Å². The summed E-state index contributed by atoms with van der Waals surface area (Å²) in [5, 5.41) is 0.0237. The minimum atomic E-state index is -0.555. The number of halogens is 2. The molecule has 1 aromatic heterocycles. The number of H-pyrrole nitrogens is 1. The predicted octanol–water partition coefficient (Wildman–Crippen LogP) is 2.72. The molecular weight excluding hydrogens is 255 g/mol. The molecule has 92 valence electrons. The van der Waals surface area contributed by atoms with E-state index in [1.807, 2.05) is 0 Å². The Morgan fingerprint density at radius 1 is 1.33 bits per heavy atom. The first-order valence-electron chi connectivity index (χ1n) is 5.73. The monoisotopic (exact) mass is 264 g/mol. The van der Waals surface area contributed by atoms with Crippen molar-refractivity contribution in [1.82, 2.24) is 9.97 Å². The SMILES string of the molecule is O=c1[nH]c(-c2cccc(Cl)c2F)nc2c1CCC2. The van der Waals surface area contributed by atoms with Crippen molar-refractivity contribution in [1.29, 1.82) is 0 Å². The lowest BCUT2D eigenvalue weighted by Gasteiger charge is -2.06. The van der Waals surface area contributed by atoms with Crippen molar-refractivity contribution >= 4 is 11.6 Å². The van der Waals surface area contributed by atoms with Gasteiger partial charge >= 0.3 is 0 Å². The van der Waals surface area contributed by atoms with Crippen molar-refractivity contribution in [3.05, 3.63) is 50.7 Å². The third-order valence-corrected chi connectivity index (χ3v) is 3.44. The molecule has 1 N–H and O–H groups in total. The molecule has 3 nitrogen and oxygen atoms in total. The molecule has 1 aliphatic carbocycles. The van der Waals surface area contributed by atoms with Crippen LogP contribution in [0, 0.1) is 5.82 Å². The number of aromatic nitrogens is 2. The molecular formula is C13H10ClFN2O. The largest absolute Gasteiger partial charge is 0.306 e. The zero-order valence-electron chi connectivity index (χ0n) is 9.46. The quantitative estimate of drug-likeness (QED) is 0.861. The summed E-state index contributed by atoms with van der Waals surface area (Å²) in [6.45, 7) is 0. The van der Waals surface area contributed by atoms with E-state index < -0.39 is 5.82 Å². The number of aromatic amines is 1. The van der Waals surface area contributed by atoms with Crippen LogP contribution in [-0.4, -0.2) is 9.97 Å². The molecule has 18 heavy (non-hydrogen) atoms. The molecule has 1 aliphatic rings. The maximum Gasteiger partial charge on any atom is 0.254 e. The van der Waals surface area contributed by atoms with Crippen LogP contribution in [0.2, 0.25) is 5.02 Å². The molecule has 2 aromatic rings. The second kappa shape index (κ2) is 4.21. The van der Waals surface area contributed by atoms with Gasteiger partial charge in [-0.2, -0.15) is 0 Å².